The summed E-state index contributed by atoms with van der Waals surface area (Å²) in [6.07, 6.45) is 13.8. The van der Waals surface area contributed by atoms with E-state index in [9.17, 15) is 0 Å². The first-order valence-corrected chi connectivity index (χ1v) is 30.6. The van der Waals surface area contributed by atoms with Crippen LogP contribution in [0.1, 0.15) is 139 Å². The van der Waals surface area contributed by atoms with Crippen LogP contribution >= 0.6 is 0 Å². The van der Waals surface area contributed by atoms with Crippen LogP contribution in [0.4, 0.5) is 0 Å². The Hall–Kier alpha value is -0.403. The molecule has 2 aromatic carbocycles. The molecule has 5 heteroatoms. The normalized spacial score (nSPS) is 12.1. The van der Waals surface area contributed by atoms with E-state index in [2.05, 4.69) is 93.5 Å². The molecule has 0 aromatic heterocycles. The molecule has 0 N–H and O–H groups in total. The second-order valence-electron chi connectivity index (χ2n) is 13.0. The van der Waals surface area contributed by atoms with Gasteiger partial charge < -0.3 is 0 Å². The number of unbranched alkanes of at least 4 members (excludes halogenated alkanes) is 4. The van der Waals surface area contributed by atoms with Crippen LogP contribution < -0.4 is 6.15 Å². The van der Waals surface area contributed by atoms with Gasteiger partial charge in [0.2, 0.25) is 0 Å². The van der Waals surface area contributed by atoms with E-state index in [4.69, 9.17) is 7.56 Å². The Morgan fingerprint density at radius 1 is 0.465 bits per heavy atom. The van der Waals surface area contributed by atoms with Crippen molar-refractivity contribution >= 4 is 38.4 Å². The van der Waals surface area contributed by atoms with Crippen molar-refractivity contribution in [1.82, 2.24) is 0 Å². The summed E-state index contributed by atoms with van der Waals surface area (Å²) in [5.74, 6) is 2.24. The quantitative estimate of drug-likeness (QED) is 0.111. The number of hydrogen-bond donors (Lipinski definition) is 0. The van der Waals surface area contributed by atoms with Crippen molar-refractivity contribution in [3.8, 4) is 11.5 Å². The molecule has 0 heterocycles. The van der Waals surface area contributed by atoms with Crippen molar-refractivity contribution in [2.24, 2.45) is 0 Å². The average molecular weight is 808 g/mol. The molecule has 0 spiro atoms. The van der Waals surface area contributed by atoms with Gasteiger partial charge in [0, 0.05) is 0 Å². The third-order valence-electron chi connectivity index (χ3n) is 9.26. The van der Waals surface area contributed by atoms with Crippen LogP contribution in [0.5, 0.6) is 11.5 Å². The van der Waals surface area contributed by atoms with Crippen LogP contribution in [0.2, 0.25) is 17.7 Å². The van der Waals surface area contributed by atoms with E-state index in [0.717, 1.165) is 54.9 Å². The predicted molar refractivity (Wildman–Crippen MR) is 193 cm³/mol. The van der Waals surface area contributed by atoms with Gasteiger partial charge in [0.25, 0.3) is 0 Å². The van der Waals surface area contributed by atoms with Crippen molar-refractivity contribution in [1.29, 1.82) is 0 Å². The van der Waals surface area contributed by atoms with Crippen molar-refractivity contribution in [2.75, 3.05) is 0 Å². The van der Waals surface area contributed by atoms with Gasteiger partial charge in [-0.15, -0.1) is 0 Å². The maximum absolute atomic E-state index is 8.02. The summed E-state index contributed by atoms with van der Waals surface area (Å²) in [6, 6.07) is 9.10. The Morgan fingerprint density at radius 3 is 1.07 bits per heavy atom. The molecule has 3 nitrogen and oxygen atoms in total. The summed E-state index contributed by atoms with van der Waals surface area (Å²) in [5, 5.41) is 0. The van der Waals surface area contributed by atoms with Gasteiger partial charge in [-0.05, 0) is 0 Å². The van der Waals surface area contributed by atoms with E-state index in [1.54, 1.807) is 0 Å². The second-order valence-corrected chi connectivity index (χ2v) is 34.8. The molecule has 43 heavy (non-hydrogen) atoms. The van der Waals surface area contributed by atoms with Crippen molar-refractivity contribution in [2.45, 2.75) is 164 Å². The van der Waals surface area contributed by atoms with E-state index >= 15 is 0 Å². The molecule has 0 saturated heterocycles. The number of hydrogen-bond acceptors (Lipinski definition) is 3. The van der Waals surface area contributed by atoms with Gasteiger partial charge in [0.1, 0.15) is 0 Å². The standard InChI is InChI=1S/2C11H16O.4C4H9.O.2Sn/c2*1-4-5-10-9(3)8(2)6-7-11(10)12;4*1-3-4-2;;;/h2*6-7,12H,4-5H2,1-3H3;4*1,3-4H2,2H3;;;/q;;;;;;;2*+1/p-2. The molecule has 244 valence electrons. The third kappa shape index (κ3) is 11.4. The third-order valence-corrected chi connectivity index (χ3v) is 41.7. The van der Waals surface area contributed by atoms with E-state index in [1.165, 1.54) is 84.7 Å². The Balaban J connectivity index is 2.76. The fourth-order valence-electron chi connectivity index (χ4n) is 6.23. The molecule has 0 aliphatic carbocycles. The van der Waals surface area contributed by atoms with Crippen molar-refractivity contribution in [3.63, 3.8) is 0 Å². The van der Waals surface area contributed by atoms with E-state index in [1.807, 2.05) is 0 Å². The van der Waals surface area contributed by atoms with Crippen LogP contribution in [0.3, 0.4) is 0 Å². The molecule has 0 saturated carbocycles. The van der Waals surface area contributed by atoms with Crippen molar-refractivity contribution < 1.29 is 7.56 Å². The maximum atomic E-state index is 8.02. The van der Waals surface area contributed by atoms with Gasteiger partial charge in [0.15, 0.2) is 0 Å². The fraction of sp³-hybridized carbons (Fsp3) is 0.684. The van der Waals surface area contributed by atoms with Gasteiger partial charge in [-0.1, -0.05) is 0 Å². The zero-order chi connectivity index (χ0) is 31.9. The Bertz CT molecular complexity index is 996. The van der Waals surface area contributed by atoms with Gasteiger partial charge in [-0.25, -0.2) is 0 Å². The number of rotatable bonds is 22. The molecule has 0 fully saturated rings. The molecule has 0 unspecified atom stereocenters. The summed E-state index contributed by atoms with van der Waals surface area (Å²) >= 11 is -7.37. The summed E-state index contributed by atoms with van der Waals surface area (Å²) in [7, 11) is 0. The minimum atomic E-state index is -3.69. The van der Waals surface area contributed by atoms with Gasteiger partial charge in [-0.2, -0.15) is 0 Å². The molecule has 2 aromatic rings. The average Bonchev–Trinajstić information content (AvgIpc) is 3.00. The Morgan fingerprint density at radius 2 is 0.791 bits per heavy atom. The first-order chi connectivity index (χ1) is 20.6. The molecule has 0 aliphatic heterocycles. The molecule has 0 radical (unpaired) electrons. The molecule has 2 rings (SSSR count). The minimum absolute atomic E-state index is 1.06. The van der Waals surface area contributed by atoms with Gasteiger partial charge in [0.05, 0.1) is 0 Å². The SMILES string of the molecule is CCC[CH2][Sn]([CH2]CCC)([O]c1ccc(C)c(C)c1CCC)[O][Sn]([CH2]CCC)([CH2]CCC)[O]c1ccc(C)c(C)c1CCC. The molecule has 0 aliphatic rings. The summed E-state index contributed by atoms with van der Waals surface area (Å²) in [6.45, 7) is 22.9. The summed E-state index contributed by atoms with van der Waals surface area (Å²) < 4.78 is 27.6. The second kappa shape index (κ2) is 20.0. The van der Waals surface area contributed by atoms with Crippen LogP contribution in [-0.2, 0) is 14.3 Å². The first kappa shape index (κ1) is 38.8. The number of aryl methyl sites for hydroxylation is 2. The topological polar surface area (TPSA) is 27.7 Å². The van der Waals surface area contributed by atoms with Gasteiger partial charge >= 0.3 is 279 Å². The van der Waals surface area contributed by atoms with E-state index in [0.29, 0.717) is 0 Å². The van der Waals surface area contributed by atoms with Gasteiger partial charge in [-0.3, -0.25) is 0 Å². The van der Waals surface area contributed by atoms with E-state index in [-0.39, 0.29) is 0 Å². The molecular formula is C38H66O3Sn2. The molecule has 0 atom stereocenters. The molecular weight excluding hydrogens is 742 g/mol. The first-order valence-electron chi connectivity index (χ1n) is 17.9. The Labute approximate surface area is 277 Å². The molecule has 0 bridgehead atoms. The zero-order valence-electron chi connectivity index (χ0n) is 29.8. The van der Waals surface area contributed by atoms with Crippen molar-refractivity contribution in [3.05, 3.63) is 57.6 Å². The summed E-state index contributed by atoms with van der Waals surface area (Å²) in [5.41, 5.74) is 8.33. The van der Waals surface area contributed by atoms with E-state index < -0.39 is 38.4 Å². The van der Waals surface area contributed by atoms with Crippen LogP contribution in [-0.4, -0.2) is 38.4 Å². The molecule has 0 amide bonds. The number of benzene rings is 2. The monoisotopic (exact) mass is 810 g/mol. The summed E-state index contributed by atoms with van der Waals surface area (Å²) in [4.78, 5) is 0. The Kier molecular flexibility index (Phi) is 18.0. The van der Waals surface area contributed by atoms with Crippen LogP contribution in [0.15, 0.2) is 24.3 Å². The fourth-order valence-corrected chi connectivity index (χ4v) is 48.1. The predicted octanol–water partition coefficient (Wildman–Crippen LogP) is 12.4. The van der Waals surface area contributed by atoms with Crippen LogP contribution in [0.25, 0.3) is 0 Å². The van der Waals surface area contributed by atoms with Crippen LogP contribution in [0, 0.1) is 27.7 Å². The zero-order valence-corrected chi connectivity index (χ0v) is 35.6.